The Morgan fingerprint density at radius 3 is 2.74 bits per heavy atom. The Bertz CT molecular complexity index is 1420. The fraction of sp³-hybridized carbons (Fsp3) is 0.577. The van der Waals surface area contributed by atoms with Crippen molar-refractivity contribution in [2.45, 2.75) is 82.2 Å². The molecule has 1 aromatic carbocycles. The number of aliphatic hydroxyl groups excluding tert-OH is 1. The quantitative estimate of drug-likeness (QED) is 0.411. The molecule has 2 atom stereocenters. The van der Waals surface area contributed by atoms with Crippen LogP contribution in [0.25, 0.3) is 5.69 Å². The lowest BCUT2D eigenvalue weighted by Crippen LogP contribution is -2.50. The summed E-state index contributed by atoms with van der Waals surface area (Å²) in [6.07, 6.45) is 5.86. The third kappa shape index (κ3) is 5.08. The molecule has 0 spiro atoms. The monoisotopic (exact) mass is 539 g/mol. The number of nitrogens with zero attached hydrogens (tertiary/aromatic N) is 7. The molecule has 0 unspecified atom stereocenters. The van der Waals surface area contributed by atoms with Crippen LogP contribution in [0.1, 0.15) is 52.4 Å². The molecule has 3 fully saturated rings. The minimum Gasteiger partial charge on any atom is -0.488 e. The summed E-state index contributed by atoms with van der Waals surface area (Å²) in [5, 5.41) is 23.8. The predicted octanol–water partition coefficient (Wildman–Crippen LogP) is 2.36. The Morgan fingerprint density at radius 2 is 2.00 bits per heavy atom. The minimum absolute atomic E-state index is 0.133. The molecule has 2 saturated heterocycles. The van der Waals surface area contributed by atoms with E-state index >= 15 is 0 Å². The standard InChI is InChI=1S/C26H34FN9O3/c1-26(2)8-6-17-10-16(7-9-35(17)26)29-23-20(27)14-28-24(31-23)30-15-4-5-22(39-19-12-18(37)13-19)21(11-15)36-25(38)34(3)32-33-36/h4-5,11,14,16-19,37H,6-10,12-13H2,1-3H3,(H2,28,29,30,31)/t16-,17-,18?,19?/m0/s1. The number of rotatable bonds is 7. The maximum absolute atomic E-state index is 14.7. The van der Waals surface area contributed by atoms with Gasteiger partial charge in [0.2, 0.25) is 5.95 Å². The third-order valence-corrected chi connectivity index (χ3v) is 8.20. The van der Waals surface area contributed by atoms with E-state index in [2.05, 4.69) is 49.8 Å². The van der Waals surface area contributed by atoms with Gasteiger partial charge in [0.15, 0.2) is 11.6 Å². The van der Waals surface area contributed by atoms with Crippen LogP contribution in [0.3, 0.4) is 0 Å². The van der Waals surface area contributed by atoms with E-state index in [0.717, 1.165) is 41.4 Å². The van der Waals surface area contributed by atoms with Gasteiger partial charge in [0.05, 0.1) is 12.3 Å². The molecule has 2 aromatic heterocycles. The van der Waals surface area contributed by atoms with E-state index in [1.165, 1.54) is 13.5 Å². The summed E-state index contributed by atoms with van der Waals surface area (Å²) in [6.45, 7) is 5.57. The highest BCUT2D eigenvalue weighted by Crippen LogP contribution is 2.39. The zero-order chi connectivity index (χ0) is 27.3. The Hall–Kier alpha value is -3.58. The van der Waals surface area contributed by atoms with E-state index < -0.39 is 11.5 Å². The molecule has 3 N–H and O–H groups in total. The SMILES string of the molecule is Cn1nnn(-c2cc(Nc3ncc(F)c(N[C@H]4CCN5[C@@H](CCC5(C)C)C4)n3)ccc2OC2CC(O)C2)c1=O. The Morgan fingerprint density at radius 1 is 1.18 bits per heavy atom. The molecule has 3 aliphatic rings. The summed E-state index contributed by atoms with van der Waals surface area (Å²) in [5.41, 5.74) is 0.725. The number of nitrogens with one attached hydrogen (secondary N) is 2. The number of piperidine rings is 1. The van der Waals surface area contributed by atoms with E-state index in [1.807, 2.05) is 0 Å². The van der Waals surface area contributed by atoms with Crippen LogP contribution in [0, 0.1) is 5.82 Å². The molecule has 12 nitrogen and oxygen atoms in total. The van der Waals surface area contributed by atoms with Crippen molar-refractivity contribution in [1.82, 2.24) is 34.7 Å². The number of ether oxygens (including phenoxy) is 1. The molecule has 208 valence electrons. The summed E-state index contributed by atoms with van der Waals surface area (Å²) < 4.78 is 23.0. The van der Waals surface area contributed by atoms with E-state index in [1.54, 1.807) is 18.2 Å². The van der Waals surface area contributed by atoms with Gasteiger partial charge in [-0.3, -0.25) is 4.90 Å². The first-order valence-electron chi connectivity index (χ1n) is 13.5. The summed E-state index contributed by atoms with van der Waals surface area (Å²) in [6, 6.07) is 5.78. The first-order valence-corrected chi connectivity index (χ1v) is 13.5. The second-order valence-corrected chi connectivity index (χ2v) is 11.4. The van der Waals surface area contributed by atoms with Crippen LogP contribution >= 0.6 is 0 Å². The molecule has 1 aliphatic carbocycles. The number of aryl methyl sites for hydroxylation is 1. The van der Waals surface area contributed by atoms with E-state index in [0.29, 0.717) is 36.0 Å². The lowest BCUT2D eigenvalue weighted by Gasteiger charge is -2.42. The van der Waals surface area contributed by atoms with Gasteiger partial charge in [-0.25, -0.2) is 14.2 Å². The molecule has 13 heteroatoms. The fourth-order valence-electron chi connectivity index (χ4n) is 5.91. The normalized spacial score (nSPS) is 26.1. The van der Waals surface area contributed by atoms with Gasteiger partial charge in [-0.15, -0.1) is 0 Å². The molecule has 1 saturated carbocycles. The number of anilines is 3. The molecule has 0 amide bonds. The number of hydrogen-bond acceptors (Lipinski definition) is 10. The van der Waals surface area contributed by atoms with Gasteiger partial charge in [-0.2, -0.15) is 14.3 Å². The minimum atomic E-state index is -0.507. The van der Waals surface area contributed by atoms with Gasteiger partial charge in [-0.05, 0) is 68.2 Å². The van der Waals surface area contributed by atoms with Crippen molar-refractivity contribution >= 4 is 17.5 Å². The number of aromatic nitrogens is 6. The number of aliphatic hydroxyl groups is 1. The third-order valence-electron chi connectivity index (χ3n) is 8.20. The van der Waals surface area contributed by atoms with Crippen molar-refractivity contribution in [3.63, 3.8) is 0 Å². The number of hydrogen-bond donors (Lipinski definition) is 3. The molecular formula is C26H34FN9O3. The van der Waals surface area contributed by atoms with Crippen LogP contribution < -0.4 is 21.1 Å². The molecule has 0 radical (unpaired) electrons. The molecular weight excluding hydrogens is 505 g/mol. The van der Waals surface area contributed by atoms with Crippen molar-refractivity contribution < 1.29 is 14.2 Å². The Kier molecular flexibility index (Phi) is 6.50. The molecule has 6 rings (SSSR count). The molecule has 3 aromatic rings. The average molecular weight is 540 g/mol. The number of fused-ring (bicyclic) bond motifs is 1. The highest BCUT2D eigenvalue weighted by molar-refractivity contribution is 5.62. The highest BCUT2D eigenvalue weighted by Gasteiger charge is 2.42. The molecule has 4 heterocycles. The molecule has 2 aliphatic heterocycles. The second-order valence-electron chi connectivity index (χ2n) is 11.4. The smallest absolute Gasteiger partial charge is 0.368 e. The lowest BCUT2D eigenvalue weighted by atomic mass is 9.92. The van der Waals surface area contributed by atoms with Crippen molar-refractivity contribution in [3.8, 4) is 11.4 Å². The van der Waals surface area contributed by atoms with Gasteiger partial charge < -0.3 is 20.5 Å². The predicted molar refractivity (Wildman–Crippen MR) is 142 cm³/mol. The lowest BCUT2D eigenvalue weighted by molar-refractivity contribution is -0.0108. The zero-order valence-electron chi connectivity index (χ0n) is 22.3. The summed E-state index contributed by atoms with van der Waals surface area (Å²) in [5.74, 6) is 0.306. The van der Waals surface area contributed by atoms with Gasteiger partial charge in [0.1, 0.15) is 17.5 Å². The largest absolute Gasteiger partial charge is 0.488 e. The second kappa shape index (κ2) is 9.87. The summed E-state index contributed by atoms with van der Waals surface area (Å²) in [7, 11) is 1.51. The van der Waals surface area contributed by atoms with E-state index in [-0.39, 0.29) is 35.6 Å². The number of benzene rings is 1. The van der Waals surface area contributed by atoms with Gasteiger partial charge in [-0.1, -0.05) is 0 Å². The van der Waals surface area contributed by atoms with Crippen molar-refractivity contribution in [3.05, 3.63) is 40.7 Å². The van der Waals surface area contributed by atoms with E-state index in [9.17, 15) is 14.3 Å². The summed E-state index contributed by atoms with van der Waals surface area (Å²) >= 11 is 0. The van der Waals surface area contributed by atoms with Gasteiger partial charge >= 0.3 is 5.69 Å². The van der Waals surface area contributed by atoms with Crippen LogP contribution in [0.4, 0.5) is 21.8 Å². The van der Waals surface area contributed by atoms with Gasteiger partial charge in [0.25, 0.3) is 0 Å². The van der Waals surface area contributed by atoms with E-state index in [4.69, 9.17) is 4.74 Å². The van der Waals surface area contributed by atoms with Crippen LogP contribution in [-0.2, 0) is 7.05 Å². The van der Waals surface area contributed by atoms with Crippen molar-refractivity contribution in [2.24, 2.45) is 7.05 Å². The summed E-state index contributed by atoms with van der Waals surface area (Å²) in [4.78, 5) is 23.7. The number of halogens is 1. The zero-order valence-corrected chi connectivity index (χ0v) is 22.3. The van der Waals surface area contributed by atoms with Crippen LogP contribution in [-0.4, -0.2) is 76.1 Å². The van der Waals surface area contributed by atoms with Crippen LogP contribution in [0.2, 0.25) is 0 Å². The highest BCUT2D eigenvalue weighted by atomic mass is 19.1. The fourth-order valence-corrected chi connectivity index (χ4v) is 5.91. The maximum atomic E-state index is 14.7. The van der Waals surface area contributed by atoms with Crippen molar-refractivity contribution in [1.29, 1.82) is 0 Å². The van der Waals surface area contributed by atoms with Crippen LogP contribution in [0.15, 0.2) is 29.2 Å². The first kappa shape index (κ1) is 25.7. The Labute approximate surface area is 225 Å². The maximum Gasteiger partial charge on any atom is 0.368 e. The average Bonchev–Trinajstić information content (AvgIpc) is 3.38. The molecule has 39 heavy (non-hydrogen) atoms. The topological polar surface area (TPSA) is 135 Å². The van der Waals surface area contributed by atoms with Crippen LogP contribution in [0.5, 0.6) is 5.75 Å². The Balaban J connectivity index is 1.20. The van der Waals surface area contributed by atoms with Gasteiger partial charge in [0, 0.05) is 49.7 Å². The first-order chi connectivity index (χ1) is 18.7. The molecule has 0 bridgehead atoms. The van der Waals surface area contributed by atoms with Crippen molar-refractivity contribution in [2.75, 3.05) is 17.2 Å². The number of tetrazole rings is 1.